The van der Waals surface area contributed by atoms with Crippen LogP contribution in [0.4, 0.5) is 5.69 Å². The molecule has 122 valence electrons. The molecular weight excluding hydrogens is 346 g/mol. The minimum absolute atomic E-state index is 0.0327. The minimum Gasteiger partial charge on any atom is -0.504 e. The van der Waals surface area contributed by atoms with Crippen molar-refractivity contribution in [3.63, 3.8) is 0 Å². The van der Waals surface area contributed by atoms with Gasteiger partial charge in [0.15, 0.2) is 5.75 Å². The summed E-state index contributed by atoms with van der Waals surface area (Å²) in [6.07, 6.45) is 0. The summed E-state index contributed by atoms with van der Waals surface area (Å²) in [6, 6.07) is 20.4. The molecule has 0 aromatic heterocycles. The van der Waals surface area contributed by atoms with E-state index in [-0.39, 0.29) is 21.4 Å². The van der Waals surface area contributed by atoms with Gasteiger partial charge in [-0.05, 0) is 23.8 Å². The van der Waals surface area contributed by atoms with E-state index in [9.17, 15) is 13.5 Å². The molecule has 0 aliphatic carbocycles. The first-order valence-corrected chi connectivity index (χ1v) is 9.00. The predicted molar refractivity (Wildman–Crippen MR) is 95.8 cm³/mol. The summed E-state index contributed by atoms with van der Waals surface area (Å²) in [6.45, 7) is 0. The minimum atomic E-state index is -3.90. The highest BCUT2D eigenvalue weighted by molar-refractivity contribution is 7.92. The van der Waals surface area contributed by atoms with Crippen LogP contribution in [-0.4, -0.2) is 13.5 Å². The first-order valence-electron chi connectivity index (χ1n) is 7.14. The Morgan fingerprint density at radius 3 is 2.25 bits per heavy atom. The van der Waals surface area contributed by atoms with Gasteiger partial charge < -0.3 is 5.11 Å². The maximum Gasteiger partial charge on any atom is 0.262 e. The Balaban J connectivity index is 2.07. The Kier molecular flexibility index (Phi) is 4.46. The fourth-order valence-electron chi connectivity index (χ4n) is 2.35. The molecule has 4 nitrogen and oxygen atoms in total. The average Bonchev–Trinajstić information content (AvgIpc) is 2.60. The van der Waals surface area contributed by atoms with Gasteiger partial charge in [-0.25, -0.2) is 8.42 Å². The van der Waals surface area contributed by atoms with Gasteiger partial charge >= 0.3 is 0 Å². The second kappa shape index (κ2) is 6.55. The highest BCUT2D eigenvalue weighted by Gasteiger charge is 2.20. The Hall–Kier alpha value is -2.50. The summed E-state index contributed by atoms with van der Waals surface area (Å²) in [5, 5.41) is 10.0. The molecule has 24 heavy (non-hydrogen) atoms. The third-order valence-electron chi connectivity index (χ3n) is 3.49. The molecule has 3 aromatic carbocycles. The lowest BCUT2D eigenvalue weighted by Crippen LogP contribution is -2.14. The Bertz CT molecular complexity index is 973. The van der Waals surface area contributed by atoms with Gasteiger partial charge in [0.05, 0.1) is 15.6 Å². The lowest BCUT2D eigenvalue weighted by Gasteiger charge is -2.13. The van der Waals surface area contributed by atoms with E-state index < -0.39 is 10.0 Å². The summed E-state index contributed by atoms with van der Waals surface area (Å²) >= 11 is 5.83. The number of hydrogen-bond donors (Lipinski definition) is 2. The van der Waals surface area contributed by atoms with Crippen molar-refractivity contribution >= 4 is 27.3 Å². The Labute approximate surface area is 145 Å². The fraction of sp³-hybridized carbons (Fsp3) is 0. The molecule has 0 amide bonds. The van der Waals surface area contributed by atoms with E-state index in [4.69, 9.17) is 11.6 Å². The number of sulfonamides is 1. The molecule has 6 heteroatoms. The molecule has 0 unspecified atom stereocenters. The number of hydrogen-bond acceptors (Lipinski definition) is 3. The summed E-state index contributed by atoms with van der Waals surface area (Å²) in [4.78, 5) is 0.121. The van der Waals surface area contributed by atoms with Gasteiger partial charge in [0, 0.05) is 5.56 Å². The molecule has 0 aliphatic heterocycles. The Morgan fingerprint density at radius 2 is 1.50 bits per heavy atom. The van der Waals surface area contributed by atoms with Crippen LogP contribution >= 0.6 is 11.6 Å². The number of aromatic hydroxyl groups is 1. The van der Waals surface area contributed by atoms with Crippen LogP contribution in [-0.2, 0) is 10.0 Å². The van der Waals surface area contributed by atoms with Crippen molar-refractivity contribution in [3.8, 4) is 16.9 Å². The van der Waals surface area contributed by atoms with Crippen LogP contribution in [0.15, 0.2) is 77.7 Å². The summed E-state index contributed by atoms with van der Waals surface area (Å²) in [7, 11) is -3.90. The van der Waals surface area contributed by atoms with Crippen molar-refractivity contribution in [2.45, 2.75) is 4.90 Å². The predicted octanol–water partition coefficient (Wildman–Crippen LogP) is 4.51. The lowest BCUT2D eigenvalue weighted by molar-refractivity contribution is 0.478. The second-order valence-corrected chi connectivity index (χ2v) is 7.16. The van der Waals surface area contributed by atoms with E-state index in [1.807, 2.05) is 30.3 Å². The molecule has 2 N–H and O–H groups in total. The van der Waals surface area contributed by atoms with Gasteiger partial charge in [-0.15, -0.1) is 0 Å². The molecule has 3 rings (SSSR count). The fourth-order valence-corrected chi connectivity index (χ4v) is 3.83. The summed E-state index contributed by atoms with van der Waals surface area (Å²) < 4.78 is 28.0. The molecule has 0 aliphatic rings. The highest BCUT2D eigenvalue weighted by Crippen LogP contribution is 2.34. The number of nitrogens with one attached hydrogen (secondary N) is 1. The topological polar surface area (TPSA) is 66.4 Å². The number of rotatable bonds is 4. The first-order chi connectivity index (χ1) is 11.5. The van der Waals surface area contributed by atoms with Crippen LogP contribution in [0.2, 0.25) is 5.02 Å². The zero-order valence-corrected chi connectivity index (χ0v) is 14.1. The molecule has 0 saturated heterocycles. The van der Waals surface area contributed by atoms with Gasteiger partial charge in [-0.1, -0.05) is 66.2 Å². The lowest BCUT2D eigenvalue weighted by atomic mass is 10.1. The zero-order chi connectivity index (χ0) is 17.2. The maximum absolute atomic E-state index is 12.8. The van der Waals surface area contributed by atoms with Gasteiger partial charge in [0.2, 0.25) is 0 Å². The van der Waals surface area contributed by atoms with Crippen LogP contribution in [0.1, 0.15) is 0 Å². The van der Waals surface area contributed by atoms with Crippen LogP contribution < -0.4 is 4.72 Å². The second-order valence-electron chi connectivity index (χ2n) is 5.10. The molecule has 0 spiro atoms. The van der Waals surface area contributed by atoms with Crippen molar-refractivity contribution in [2.24, 2.45) is 0 Å². The van der Waals surface area contributed by atoms with Crippen molar-refractivity contribution in [1.82, 2.24) is 0 Å². The molecular formula is C18H14ClNO3S. The molecule has 0 heterocycles. The normalized spacial score (nSPS) is 11.2. The van der Waals surface area contributed by atoms with Crippen LogP contribution in [0, 0.1) is 0 Å². The molecule has 0 saturated carbocycles. The van der Waals surface area contributed by atoms with E-state index in [2.05, 4.69) is 4.72 Å². The van der Waals surface area contributed by atoms with Crippen LogP contribution in [0.3, 0.4) is 0 Å². The van der Waals surface area contributed by atoms with Gasteiger partial charge in [-0.2, -0.15) is 0 Å². The standard InChI is InChI=1S/C18H14ClNO3S/c19-15-10-6-11-16(18(15)21)20-24(22,23)17-12-5-4-9-14(17)13-7-2-1-3-8-13/h1-12,20-21H. The number of phenolic OH excluding ortho intramolecular Hbond substituents is 1. The van der Waals surface area contributed by atoms with E-state index in [1.54, 1.807) is 24.3 Å². The summed E-state index contributed by atoms with van der Waals surface area (Å²) in [5.41, 5.74) is 1.39. The SMILES string of the molecule is O=S(=O)(Nc1cccc(Cl)c1O)c1ccccc1-c1ccccc1. The monoisotopic (exact) mass is 359 g/mol. The van der Waals surface area contributed by atoms with Crippen molar-refractivity contribution in [2.75, 3.05) is 4.72 Å². The molecule has 0 radical (unpaired) electrons. The van der Waals surface area contributed by atoms with Gasteiger partial charge in [0.25, 0.3) is 10.0 Å². The number of halogens is 1. The quantitative estimate of drug-likeness (QED) is 0.673. The molecule has 0 fully saturated rings. The van der Waals surface area contributed by atoms with Crippen LogP contribution in [0.25, 0.3) is 11.1 Å². The average molecular weight is 360 g/mol. The zero-order valence-electron chi connectivity index (χ0n) is 12.5. The Morgan fingerprint density at radius 1 is 0.833 bits per heavy atom. The van der Waals surface area contributed by atoms with E-state index in [0.717, 1.165) is 5.56 Å². The smallest absolute Gasteiger partial charge is 0.262 e. The molecule has 0 atom stereocenters. The summed E-state index contributed by atoms with van der Waals surface area (Å²) in [5.74, 6) is -0.306. The van der Waals surface area contributed by atoms with Crippen molar-refractivity contribution in [3.05, 3.63) is 77.8 Å². The number of benzene rings is 3. The third-order valence-corrected chi connectivity index (χ3v) is 5.22. The number of para-hydroxylation sites is 1. The molecule has 0 bridgehead atoms. The number of anilines is 1. The maximum atomic E-state index is 12.8. The first kappa shape index (κ1) is 16.4. The number of phenols is 1. The van der Waals surface area contributed by atoms with Crippen molar-refractivity contribution in [1.29, 1.82) is 0 Å². The largest absolute Gasteiger partial charge is 0.504 e. The van der Waals surface area contributed by atoms with E-state index in [1.165, 1.54) is 18.2 Å². The van der Waals surface area contributed by atoms with Gasteiger partial charge in [-0.3, -0.25) is 4.72 Å². The third kappa shape index (κ3) is 3.22. The van der Waals surface area contributed by atoms with Gasteiger partial charge in [0.1, 0.15) is 0 Å². The van der Waals surface area contributed by atoms with Crippen molar-refractivity contribution < 1.29 is 13.5 Å². The van der Waals surface area contributed by atoms with E-state index >= 15 is 0 Å². The highest BCUT2D eigenvalue weighted by atomic mass is 35.5. The van der Waals surface area contributed by atoms with E-state index in [0.29, 0.717) is 5.56 Å². The molecule has 3 aromatic rings. The van der Waals surface area contributed by atoms with Crippen LogP contribution in [0.5, 0.6) is 5.75 Å².